The van der Waals surface area contributed by atoms with Crippen molar-refractivity contribution in [2.45, 2.75) is 18.9 Å². The van der Waals surface area contributed by atoms with Crippen molar-refractivity contribution in [1.82, 2.24) is 0 Å². The van der Waals surface area contributed by atoms with Gasteiger partial charge in [-0.15, -0.1) is 0 Å². The van der Waals surface area contributed by atoms with Gasteiger partial charge in [0, 0.05) is 12.4 Å². The molecular formula is C10H13BrO. The molecule has 0 N–H and O–H groups in total. The van der Waals surface area contributed by atoms with Crippen LogP contribution in [-0.4, -0.2) is 7.11 Å². The van der Waals surface area contributed by atoms with E-state index in [1.807, 2.05) is 0 Å². The summed E-state index contributed by atoms with van der Waals surface area (Å²) in [6, 6.07) is 6.43. The molecule has 0 bridgehead atoms. The van der Waals surface area contributed by atoms with E-state index in [0.29, 0.717) is 6.61 Å². The molecule has 0 atom stereocenters. The van der Waals surface area contributed by atoms with Crippen molar-refractivity contribution >= 4 is 15.9 Å². The number of hydrogen-bond donors (Lipinski definition) is 0. The second-order valence-corrected chi connectivity index (χ2v) is 3.39. The minimum absolute atomic E-state index is 0.701. The van der Waals surface area contributed by atoms with E-state index in [-0.39, 0.29) is 0 Å². The summed E-state index contributed by atoms with van der Waals surface area (Å²) in [5.41, 5.74) is 3.86. The normalized spacial score (nSPS) is 10.2. The third kappa shape index (κ3) is 2.32. The van der Waals surface area contributed by atoms with Crippen molar-refractivity contribution in [3.63, 3.8) is 0 Å². The summed E-state index contributed by atoms with van der Waals surface area (Å²) >= 11 is 3.43. The molecule has 12 heavy (non-hydrogen) atoms. The molecule has 1 nitrogen and oxygen atoms in total. The van der Waals surface area contributed by atoms with Gasteiger partial charge in [-0.25, -0.2) is 0 Å². The first-order valence-electron chi connectivity index (χ1n) is 3.91. The summed E-state index contributed by atoms with van der Waals surface area (Å²) in [7, 11) is 1.72. The molecule has 0 aliphatic heterocycles. The molecule has 0 radical (unpaired) electrons. The smallest absolute Gasteiger partial charge is 0.0715 e. The highest BCUT2D eigenvalue weighted by molar-refractivity contribution is 9.08. The summed E-state index contributed by atoms with van der Waals surface area (Å²) in [4.78, 5) is 0. The monoisotopic (exact) mass is 228 g/mol. The maximum Gasteiger partial charge on any atom is 0.0715 e. The lowest BCUT2D eigenvalue weighted by atomic mass is 10.1. The number of aryl methyl sites for hydroxylation is 1. The van der Waals surface area contributed by atoms with Gasteiger partial charge in [0.15, 0.2) is 0 Å². The van der Waals surface area contributed by atoms with Gasteiger partial charge in [0.25, 0.3) is 0 Å². The first-order chi connectivity index (χ1) is 5.77. The summed E-state index contributed by atoms with van der Waals surface area (Å²) in [6.45, 7) is 2.80. The molecule has 0 heterocycles. The number of benzene rings is 1. The van der Waals surface area contributed by atoms with Crippen LogP contribution in [0.3, 0.4) is 0 Å². The van der Waals surface area contributed by atoms with E-state index in [4.69, 9.17) is 4.74 Å². The molecule has 0 amide bonds. The van der Waals surface area contributed by atoms with E-state index in [0.717, 1.165) is 5.33 Å². The number of hydrogen-bond acceptors (Lipinski definition) is 1. The number of alkyl halides is 1. The van der Waals surface area contributed by atoms with Crippen LogP contribution in [0.5, 0.6) is 0 Å². The number of halogens is 1. The molecule has 0 saturated heterocycles. The van der Waals surface area contributed by atoms with E-state index >= 15 is 0 Å². The Balaban J connectivity index is 2.91. The fraction of sp³-hybridized carbons (Fsp3) is 0.400. The van der Waals surface area contributed by atoms with Gasteiger partial charge in [0.1, 0.15) is 0 Å². The van der Waals surface area contributed by atoms with E-state index < -0.39 is 0 Å². The average Bonchev–Trinajstić information content (AvgIpc) is 2.09. The zero-order valence-electron chi connectivity index (χ0n) is 7.43. The van der Waals surface area contributed by atoms with Gasteiger partial charge < -0.3 is 4.74 Å². The highest BCUT2D eigenvalue weighted by Crippen LogP contribution is 2.14. The van der Waals surface area contributed by atoms with Gasteiger partial charge in [0.2, 0.25) is 0 Å². The predicted octanol–water partition coefficient (Wildman–Crippen LogP) is 3.04. The Kier molecular flexibility index (Phi) is 3.76. The van der Waals surface area contributed by atoms with E-state index in [9.17, 15) is 0 Å². The lowest BCUT2D eigenvalue weighted by Crippen LogP contribution is -1.92. The Morgan fingerprint density at radius 3 is 2.75 bits per heavy atom. The zero-order chi connectivity index (χ0) is 8.97. The van der Waals surface area contributed by atoms with Crippen LogP contribution in [-0.2, 0) is 16.7 Å². The third-order valence-corrected chi connectivity index (χ3v) is 2.52. The standard InChI is InChI=1S/C10H13BrO/c1-8-3-4-9(6-11)5-10(8)7-12-2/h3-5H,6-7H2,1-2H3. The van der Waals surface area contributed by atoms with Crippen LogP contribution in [0.25, 0.3) is 0 Å². The second-order valence-electron chi connectivity index (χ2n) is 2.83. The van der Waals surface area contributed by atoms with Crippen molar-refractivity contribution in [3.8, 4) is 0 Å². The van der Waals surface area contributed by atoms with Crippen LogP contribution < -0.4 is 0 Å². The van der Waals surface area contributed by atoms with Gasteiger partial charge in [-0.05, 0) is 23.6 Å². The van der Waals surface area contributed by atoms with Crippen LogP contribution >= 0.6 is 15.9 Å². The molecule has 1 aromatic rings. The summed E-state index contributed by atoms with van der Waals surface area (Å²) in [6.07, 6.45) is 0. The van der Waals surface area contributed by atoms with E-state index in [1.54, 1.807) is 7.11 Å². The first kappa shape index (κ1) is 9.75. The molecule has 0 aromatic heterocycles. The van der Waals surface area contributed by atoms with Gasteiger partial charge in [0.05, 0.1) is 6.61 Å². The average molecular weight is 229 g/mol. The van der Waals surface area contributed by atoms with Crippen molar-refractivity contribution in [2.24, 2.45) is 0 Å². The third-order valence-electron chi connectivity index (χ3n) is 1.87. The number of ether oxygens (including phenoxy) is 1. The molecule has 0 aliphatic carbocycles. The first-order valence-corrected chi connectivity index (χ1v) is 5.03. The maximum atomic E-state index is 5.09. The Bertz CT molecular complexity index is 258. The molecule has 0 spiro atoms. The summed E-state index contributed by atoms with van der Waals surface area (Å²) < 4.78 is 5.09. The minimum Gasteiger partial charge on any atom is -0.380 e. The molecule has 0 fully saturated rings. The van der Waals surface area contributed by atoms with Crippen LogP contribution in [0.15, 0.2) is 18.2 Å². The van der Waals surface area contributed by atoms with Crippen molar-refractivity contribution in [2.75, 3.05) is 7.11 Å². The molecule has 0 aliphatic rings. The highest BCUT2D eigenvalue weighted by Gasteiger charge is 1.98. The Labute approximate surface area is 81.9 Å². The van der Waals surface area contributed by atoms with Crippen LogP contribution in [0, 0.1) is 6.92 Å². The molecule has 0 saturated carbocycles. The van der Waals surface area contributed by atoms with E-state index in [1.165, 1.54) is 16.7 Å². The molecule has 1 aromatic carbocycles. The van der Waals surface area contributed by atoms with Crippen molar-refractivity contribution in [1.29, 1.82) is 0 Å². The minimum atomic E-state index is 0.701. The predicted molar refractivity (Wildman–Crippen MR) is 54.5 cm³/mol. The van der Waals surface area contributed by atoms with Crippen molar-refractivity contribution < 1.29 is 4.74 Å². The molecule has 66 valence electrons. The molecular weight excluding hydrogens is 216 g/mol. The molecule has 0 unspecified atom stereocenters. The summed E-state index contributed by atoms with van der Waals surface area (Å²) in [5, 5.41) is 0.907. The number of rotatable bonds is 3. The summed E-state index contributed by atoms with van der Waals surface area (Å²) in [5.74, 6) is 0. The molecule has 2 heteroatoms. The van der Waals surface area contributed by atoms with Gasteiger partial charge in [-0.1, -0.05) is 34.1 Å². The Morgan fingerprint density at radius 1 is 1.42 bits per heavy atom. The van der Waals surface area contributed by atoms with Crippen LogP contribution in [0.2, 0.25) is 0 Å². The van der Waals surface area contributed by atoms with Gasteiger partial charge in [-0.3, -0.25) is 0 Å². The SMILES string of the molecule is COCc1cc(CBr)ccc1C. The van der Waals surface area contributed by atoms with Crippen molar-refractivity contribution in [3.05, 3.63) is 34.9 Å². The number of methoxy groups -OCH3 is 1. The van der Waals surface area contributed by atoms with E-state index in [2.05, 4.69) is 41.1 Å². The lowest BCUT2D eigenvalue weighted by Gasteiger charge is -2.05. The fourth-order valence-electron chi connectivity index (χ4n) is 1.12. The highest BCUT2D eigenvalue weighted by atomic mass is 79.9. The largest absolute Gasteiger partial charge is 0.380 e. The Hall–Kier alpha value is -0.340. The second kappa shape index (κ2) is 4.63. The fourth-order valence-corrected chi connectivity index (χ4v) is 1.47. The quantitative estimate of drug-likeness (QED) is 0.724. The lowest BCUT2D eigenvalue weighted by molar-refractivity contribution is 0.184. The van der Waals surface area contributed by atoms with Gasteiger partial charge >= 0.3 is 0 Å². The maximum absolute atomic E-state index is 5.09. The topological polar surface area (TPSA) is 9.23 Å². The zero-order valence-corrected chi connectivity index (χ0v) is 9.02. The molecule has 1 rings (SSSR count). The Morgan fingerprint density at radius 2 is 2.17 bits per heavy atom. The van der Waals surface area contributed by atoms with Gasteiger partial charge in [-0.2, -0.15) is 0 Å². The van der Waals surface area contributed by atoms with Crippen LogP contribution in [0.1, 0.15) is 16.7 Å². The van der Waals surface area contributed by atoms with Crippen LogP contribution in [0.4, 0.5) is 0 Å².